The van der Waals surface area contributed by atoms with Gasteiger partial charge in [0.15, 0.2) is 5.65 Å². The molecule has 2 N–H and O–H groups in total. The first-order valence-electron chi connectivity index (χ1n) is 8.19. The van der Waals surface area contributed by atoms with E-state index in [-0.39, 0.29) is 42.2 Å². The number of rotatable bonds is 3. The van der Waals surface area contributed by atoms with Crippen LogP contribution in [0.2, 0.25) is 0 Å². The van der Waals surface area contributed by atoms with Gasteiger partial charge in [-0.3, -0.25) is 4.79 Å². The van der Waals surface area contributed by atoms with Gasteiger partial charge >= 0.3 is 0 Å². The fraction of sp³-hybridized carbons (Fsp3) is 0.588. The van der Waals surface area contributed by atoms with Crippen LogP contribution in [0, 0.1) is 12.3 Å². The average Bonchev–Trinajstić information content (AvgIpc) is 3.10. The molecule has 1 amide bonds. The lowest BCUT2D eigenvalue weighted by molar-refractivity contribution is 0.0776. The summed E-state index contributed by atoms with van der Waals surface area (Å²) >= 11 is 0. The molecule has 3 heterocycles. The second kappa shape index (κ2) is 7.89. The van der Waals surface area contributed by atoms with E-state index in [4.69, 9.17) is 5.73 Å². The number of hydrogen-bond acceptors (Lipinski definition) is 4. The number of halogens is 2. The third-order valence-electron chi connectivity index (χ3n) is 4.82. The zero-order chi connectivity index (χ0) is 16.8. The van der Waals surface area contributed by atoms with E-state index in [1.807, 2.05) is 22.6 Å². The van der Waals surface area contributed by atoms with Crippen LogP contribution in [0.3, 0.4) is 0 Å². The predicted octanol–water partition coefficient (Wildman–Crippen LogP) is 2.98. The molecule has 140 valence electrons. The Morgan fingerprint density at radius 1 is 1.40 bits per heavy atom. The van der Waals surface area contributed by atoms with Crippen LogP contribution < -0.4 is 5.73 Å². The molecule has 8 heteroatoms. The summed E-state index contributed by atoms with van der Waals surface area (Å²) in [5.41, 5.74) is 8.13. The molecule has 2 aromatic heterocycles. The van der Waals surface area contributed by atoms with Crippen molar-refractivity contribution in [3.8, 4) is 0 Å². The Morgan fingerprint density at radius 2 is 2.08 bits per heavy atom. The molecule has 0 radical (unpaired) electrons. The standard InChI is InChI=1S/C17H25N5O.2ClH/c1-11(2)22-15-13(8-19-22)7-14(12(3)20-15)16(23)21-6-5-17(4,9-18)10-21;;/h7-8,11H,5-6,9-10,18H2,1-4H3;2*1H. The summed E-state index contributed by atoms with van der Waals surface area (Å²) in [5.74, 6) is 0.0476. The number of likely N-dealkylation sites (tertiary alicyclic amines) is 1. The first-order valence-corrected chi connectivity index (χ1v) is 8.19. The van der Waals surface area contributed by atoms with Crippen LogP contribution in [0.15, 0.2) is 12.3 Å². The van der Waals surface area contributed by atoms with Gasteiger partial charge in [0.25, 0.3) is 5.91 Å². The van der Waals surface area contributed by atoms with E-state index in [1.165, 1.54) is 0 Å². The zero-order valence-corrected chi connectivity index (χ0v) is 16.8. The number of amides is 1. The largest absolute Gasteiger partial charge is 0.338 e. The lowest BCUT2D eigenvalue weighted by Crippen LogP contribution is -2.34. The Kier molecular flexibility index (Phi) is 6.84. The van der Waals surface area contributed by atoms with Crippen molar-refractivity contribution in [2.75, 3.05) is 19.6 Å². The van der Waals surface area contributed by atoms with Crippen molar-refractivity contribution in [1.82, 2.24) is 19.7 Å². The van der Waals surface area contributed by atoms with Gasteiger partial charge in [0.2, 0.25) is 0 Å². The summed E-state index contributed by atoms with van der Waals surface area (Å²) in [7, 11) is 0. The molecule has 0 aliphatic carbocycles. The first kappa shape index (κ1) is 21.7. The molecule has 1 saturated heterocycles. The highest BCUT2D eigenvalue weighted by Crippen LogP contribution is 2.30. The molecule has 1 atom stereocenters. The highest BCUT2D eigenvalue weighted by atomic mass is 35.5. The molecule has 1 unspecified atom stereocenters. The number of aryl methyl sites for hydroxylation is 1. The van der Waals surface area contributed by atoms with E-state index in [1.54, 1.807) is 6.20 Å². The van der Waals surface area contributed by atoms with Gasteiger partial charge in [0.05, 0.1) is 17.5 Å². The fourth-order valence-electron chi connectivity index (χ4n) is 3.19. The molecule has 0 spiro atoms. The normalized spacial score (nSPS) is 19.8. The highest BCUT2D eigenvalue weighted by molar-refractivity contribution is 5.98. The maximum absolute atomic E-state index is 12.9. The molecule has 0 bridgehead atoms. The van der Waals surface area contributed by atoms with E-state index in [0.29, 0.717) is 18.7 Å². The Balaban J connectivity index is 0.00000156. The van der Waals surface area contributed by atoms with E-state index in [9.17, 15) is 4.79 Å². The summed E-state index contributed by atoms with van der Waals surface area (Å²) in [6.45, 7) is 10.2. The summed E-state index contributed by atoms with van der Waals surface area (Å²) < 4.78 is 1.89. The number of carbonyl (C=O) groups is 1. The van der Waals surface area contributed by atoms with Gasteiger partial charge in [0.1, 0.15) is 0 Å². The smallest absolute Gasteiger partial charge is 0.255 e. The van der Waals surface area contributed by atoms with Crippen LogP contribution in [0.5, 0.6) is 0 Å². The van der Waals surface area contributed by atoms with Crippen LogP contribution in [0.4, 0.5) is 0 Å². The zero-order valence-electron chi connectivity index (χ0n) is 15.2. The predicted molar refractivity (Wildman–Crippen MR) is 105 cm³/mol. The molecule has 0 saturated carbocycles. The van der Waals surface area contributed by atoms with Crippen molar-refractivity contribution < 1.29 is 4.79 Å². The summed E-state index contributed by atoms with van der Waals surface area (Å²) in [6.07, 6.45) is 2.74. The van der Waals surface area contributed by atoms with Crippen LogP contribution in [-0.4, -0.2) is 45.2 Å². The molecule has 2 aromatic rings. The van der Waals surface area contributed by atoms with Crippen molar-refractivity contribution in [3.63, 3.8) is 0 Å². The number of nitrogens with zero attached hydrogens (tertiary/aromatic N) is 4. The maximum Gasteiger partial charge on any atom is 0.255 e. The second-order valence-electron chi connectivity index (χ2n) is 7.21. The number of aromatic nitrogens is 3. The van der Waals surface area contributed by atoms with Crippen molar-refractivity contribution in [2.45, 2.75) is 40.2 Å². The molecular weight excluding hydrogens is 361 g/mol. The number of pyridine rings is 1. The Labute approximate surface area is 161 Å². The summed E-state index contributed by atoms with van der Waals surface area (Å²) in [4.78, 5) is 19.4. The van der Waals surface area contributed by atoms with E-state index in [0.717, 1.165) is 29.7 Å². The summed E-state index contributed by atoms with van der Waals surface area (Å²) in [6, 6.07) is 2.16. The topological polar surface area (TPSA) is 77.0 Å². The lowest BCUT2D eigenvalue weighted by Gasteiger charge is -2.23. The second-order valence-corrected chi connectivity index (χ2v) is 7.21. The van der Waals surface area contributed by atoms with Gasteiger partial charge in [-0.15, -0.1) is 24.8 Å². The Bertz CT molecular complexity index is 761. The maximum atomic E-state index is 12.9. The van der Waals surface area contributed by atoms with Crippen LogP contribution in [0.25, 0.3) is 11.0 Å². The number of fused-ring (bicyclic) bond motifs is 1. The molecule has 1 aliphatic heterocycles. The average molecular weight is 388 g/mol. The van der Waals surface area contributed by atoms with Gasteiger partial charge in [-0.25, -0.2) is 9.67 Å². The van der Waals surface area contributed by atoms with Gasteiger partial charge < -0.3 is 10.6 Å². The quantitative estimate of drug-likeness (QED) is 0.877. The van der Waals surface area contributed by atoms with Gasteiger partial charge in [-0.1, -0.05) is 6.92 Å². The molecule has 25 heavy (non-hydrogen) atoms. The van der Waals surface area contributed by atoms with Crippen molar-refractivity contribution in [2.24, 2.45) is 11.1 Å². The number of carbonyl (C=O) groups excluding carboxylic acids is 1. The first-order chi connectivity index (χ1) is 10.8. The third kappa shape index (κ3) is 3.91. The van der Waals surface area contributed by atoms with Crippen LogP contribution >= 0.6 is 24.8 Å². The minimum Gasteiger partial charge on any atom is -0.338 e. The van der Waals surface area contributed by atoms with Crippen molar-refractivity contribution in [1.29, 1.82) is 0 Å². The monoisotopic (exact) mass is 387 g/mol. The van der Waals surface area contributed by atoms with Crippen LogP contribution in [-0.2, 0) is 0 Å². The molecule has 3 rings (SSSR count). The van der Waals surface area contributed by atoms with E-state index >= 15 is 0 Å². The SMILES string of the molecule is Cc1nc2c(cnn2C(C)C)cc1C(=O)N1CCC(C)(CN)C1.Cl.Cl. The molecule has 0 aromatic carbocycles. The fourth-order valence-corrected chi connectivity index (χ4v) is 3.19. The van der Waals surface area contributed by atoms with Gasteiger partial charge in [-0.2, -0.15) is 5.10 Å². The van der Waals surface area contributed by atoms with E-state index < -0.39 is 0 Å². The number of nitrogens with two attached hydrogens (primary N) is 1. The summed E-state index contributed by atoms with van der Waals surface area (Å²) in [5, 5.41) is 5.29. The number of hydrogen-bond donors (Lipinski definition) is 1. The van der Waals surface area contributed by atoms with Crippen molar-refractivity contribution >= 4 is 41.8 Å². The van der Waals surface area contributed by atoms with E-state index in [2.05, 4.69) is 30.9 Å². The third-order valence-corrected chi connectivity index (χ3v) is 4.82. The minimum absolute atomic E-state index is 0. The van der Waals surface area contributed by atoms with Gasteiger partial charge in [0, 0.05) is 24.5 Å². The molecule has 6 nitrogen and oxygen atoms in total. The Hall–Kier alpha value is -1.37. The van der Waals surface area contributed by atoms with Gasteiger partial charge in [-0.05, 0) is 45.2 Å². The minimum atomic E-state index is 0. The highest BCUT2D eigenvalue weighted by Gasteiger charge is 2.35. The molecular formula is C17H27Cl2N5O. The molecule has 1 aliphatic rings. The Morgan fingerprint density at radius 3 is 2.64 bits per heavy atom. The van der Waals surface area contributed by atoms with Crippen LogP contribution in [0.1, 0.15) is 49.3 Å². The van der Waals surface area contributed by atoms with Crippen molar-refractivity contribution in [3.05, 3.63) is 23.5 Å². The molecule has 1 fully saturated rings. The lowest BCUT2D eigenvalue weighted by atomic mass is 9.90.